The molecule has 0 amide bonds. The Kier molecular flexibility index (Phi) is 2.75. The third-order valence-electron chi connectivity index (χ3n) is 2.91. The highest BCUT2D eigenvalue weighted by Crippen LogP contribution is 2.44. The van der Waals surface area contributed by atoms with Crippen molar-refractivity contribution in [3.8, 4) is 6.07 Å². The summed E-state index contributed by atoms with van der Waals surface area (Å²) in [6.07, 6.45) is 2.31. The predicted molar refractivity (Wildman–Crippen MR) is 58.3 cm³/mol. The van der Waals surface area contributed by atoms with Gasteiger partial charge in [0.05, 0.1) is 11.6 Å². The SMILES string of the molecule is [CH2]C(CO)c1cccc(C#N)c1C1CC1. The molecule has 2 nitrogen and oxygen atoms in total. The van der Waals surface area contributed by atoms with Crippen molar-refractivity contribution < 1.29 is 5.11 Å². The van der Waals surface area contributed by atoms with Gasteiger partial charge in [-0.05, 0) is 42.9 Å². The number of nitriles is 1. The van der Waals surface area contributed by atoms with Crippen molar-refractivity contribution in [2.75, 3.05) is 6.61 Å². The maximum absolute atomic E-state index is 9.13. The van der Waals surface area contributed by atoms with Crippen LogP contribution in [0.1, 0.15) is 41.4 Å². The summed E-state index contributed by atoms with van der Waals surface area (Å²) >= 11 is 0. The van der Waals surface area contributed by atoms with Crippen LogP contribution in [0.25, 0.3) is 0 Å². The van der Waals surface area contributed by atoms with Crippen molar-refractivity contribution in [1.29, 1.82) is 5.26 Å². The number of aliphatic hydroxyl groups is 1. The Morgan fingerprint density at radius 2 is 2.27 bits per heavy atom. The zero-order valence-corrected chi connectivity index (χ0v) is 8.61. The van der Waals surface area contributed by atoms with Crippen LogP contribution >= 0.6 is 0 Å². The molecule has 1 N–H and O–H groups in total. The lowest BCUT2D eigenvalue weighted by Gasteiger charge is -2.15. The molecule has 15 heavy (non-hydrogen) atoms. The van der Waals surface area contributed by atoms with Crippen molar-refractivity contribution in [3.63, 3.8) is 0 Å². The van der Waals surface area contributed by atoms with Crippen molar-refractivity contribution in [2.24, 2.45) is 0 Å². The molecule has 0 bridgehead atoms. The van der Waals surface area contributed by atoms with Crippen molar-refractivity contribution >= 4 is 0 Å². The molecule has 1 atom stereocenters. The molecule has 2 heteroatoms. The van der Waals surface area contributed by atoms with E-state index in [1.54, 1.807) is 0 Å². The van der Waals surface area contributed by atoms with Crippen LogP contribution in [0.15, 0.2) is 18.2 Å². The molecule has 1 aliphatic carbocycles. The second kappa shape index (κ2) is 4.04. The van der Waals surface area contributed by atoms with Crippen molar-refractivity contribution in [3.05, 3.63) is 41.8 Å². The molecule has 1 aliphatic rings. The quantitative estimate of drug-likeness (QED) is 0.813. The molecule has 1 unspecified atom stereocenters. The monoisotopic (exact) mass is 200 g/mol. The van der Waals surface area contributed by atoms with Gasteiger partial charge in [-0.25, -0.2) is 0 Å². The largest absolute Gasteiger partial charge is 0.396 e. The van der Waals surface area contributed by atoms with Gasteiger partial charge in [-0.2, -0.15) is 5.26 Å². The lowest BCUT2D eigenvalue weighted by molar-refractivity contribution is 0.282. The summed E-state index contributed by atoms with van der Waals surface area (Å²) in [6.45, 7) is 3.95. The highest BCUT2D eigenvalue weighted by Gasteiger charge is 2.29. The predicted octanol–water partition coefficient (Wildman–Crippen LogP) is 2.35. The number of nitrogens with zero attached hydrogens (tertiary/aromatic N) is 1. The fourth-order valence-electron chi connectivity index (χ4n) is 1.96. The second-order valence-electron chi connectivity index (χ2n) is 4.07. The Balaban J connectivity index is 2.49. The lowest BCUT2D eigenvalue weighted by atomic mass is 9.90. The van der Waals surface area contributed by atoms with Crippen LogP contribution in [-0.2, 0) is 0 Å². The first-order valence-electron chi connectivity index (χ1n) is 5.24. The van der Waals surface area contributed by atoms with E-state index in [1.807, 2.05) is 18.2 Å². The number of hydrogen-bond acceptors (Lipinski definition) is 2. The maximum atomic E-state index is 9.13. The fourth-order valence-corrected chi connectivity index (χ4v) is 1.96. The van der Waals surface area contributed by atoms with E-state index in [1.165, 1.54) is 0 Å². The Morgan fingerprint density at radius 1 is 1.53 bits per heavy atom. The summed E-state index contributed by atoms with van der Waals surface area (Å²) in [5.41, 5.74) is 2.91. The molecule has 2 rings (SSSR count). The molecule has 1 saturated carbocycles. The zero-order valence-electron chi connectivity index (χ0n) is 8.61. The first kappa shape index (κ1) is 10.2. The molecule has 1 radical (unpaired) electrons. The van der Waals surface area contributed by atoms with Gasteiger partial charge in [-0.1, -0.05) is 12.1 Å². The summed E-state index contributed by atoms with van der Waals surface area (Å²) in [5.74, 6) is 0.403. The molecule has 1 aromatic carbocycles. The minimum atomic E-state index is -0.117. The Bertz CT molecular complexity index is 401. The smallest absolute Gasteiger partial charge is 0.0994 e. The molecule has 0 aromatic heterocycles. The van der Waals surface area contributed by atoms with E-state index in [9.17, 15) is 0 Å². The Hall–Kier alpha value is -1.33. The van der Waals surface area contributed by atoms with Crippen LogP contribution in [0.2, 0.25) is 0 Å². The van der Waals surface area contributed by atoms with Crippen LogP contribution in [0.5, 0.6) is 0 Å². The number of rotatable bonds is 3. The van der Waals surface area contributed by atoms with Gasteiger partial charge in [0.1, 0.15) is 0 Å². The van der Waals surface area contributed by atoms with Crippen molar-refractivity contribution in [2.45, 2.75) is 24.7 Å². The first-order valence-corrected chi connectivity index (χ1v) is 5.24. The first-order chi connectivity index (χ1) is 7.27. The summed E-state index contributed by atoms with van der Waals surface area (Å²) in [7, 11) is 0. The number of aliphatic hydroxyl groups excluding tert-OH is 1. The van der Waals surface area contributed by atoms with E-state index >= 15 is 0 Å². The Labute approximate surface area is 90.2 Å². The minimum absolute atomic E-state index is 0.0363. The van der Waals surface area contributed by atoms with Gasteiger partial charge >= 0.3 is 0 Å². The summed E-state index contributed by atoms with van der Waals surface area (Å²) in [5, 5.41) is 18.2. The number of hydrogen-bond donors (Lipinski definition) is 1. The average Bonchev–Trinajstić information content (AvgIpc) is 3.10. The molecule has 77 valence electrons. The molecular formula is C13H14NO. The third kappa shape index (κ3) is 1.88. The van der Waals surface area contributed by atoms with Gasteiger partial charge in [0.15, 0.2) is 0 Å². The van der Waals surface area contributed by atoms with Crippen LogP contribution < -0.4 is 0 Å². The zero-order chi connectivity index (χ0) is 10.8. The van der Waals surface area contributed by atoms with Gasteiger partial charge < -0.3 is 5.11 Å². The van der Waals surface area contributed by atoms with Crippen LogP contribution in [0.3, 0.4) is 0 Å². The molecular weight excluding hydrogens is 186 g/mol. The minimum Gasteiger partial charge on any atom is -0.396 e. The topological polar surface area (TPSA) is 44.0 Å². The highest BCUT2D eigenvalue weighted by atomic mass is 16.3. The molecule has 0 heterocycles. The molecule has 0 aliphatic heterocycles. The fraction of sp³-hybridized carbons (Fsp3) is 0.385. The standard InChI is InChI=1S/C13H14NO/c1-9(8-15)12-4-2-3-11(7-14)13(12)10-5-6-10/h2-4,9-10,15H,1,5-6,8H2. The number of benzene rings is 1. The van der Waals surface area contributed by atoms with Gasteiger partial charge in [0, 0.05) is 12.5 Å². The Morgan fingerprint density at radius 3 is 2.80 bits per heavy atom. The highest BCUT2D eigenvalue weighted by molar-refractivity contribution is 5.48. The van der Waals surface area contributed by atoms with E-state index in [-0.39, 0.29) is 12.5 Å². The van der Waals surface area contributed by atoms with Crippen molar-refractivity contribution in [1.82, 2.24) is 0 Å². The average molecular weight is 200 g/mol. The second-order valence-corrected chi connectivity index (χ2v) is 4.07. The lowest BCUT2D eigenvalue weighted by Crippen LogP contribution is -2.04. The molecule has 1 aromatic rings. The van der Waals surface area contributed by atoms with Crippen LogP contribution in [0.4, 0.5) is 0 Å². The summed E-state index contributed by atoms with van der Waals surface area (Å²) < 4.78 is 0. The van der Waals surface area contributed by atoms with Crippen LogP contribution in [-0.4, -0.2) is 11.7 Å². The normalized spacial score (nSPS) is 17.1. The van der Waals surface area contributed by atoms with E-state index in [4.69, 9.17) is 10.4 Å². The van der Waals surface area contributed by atoms with Gasteiger partial charge in [-0.15, -0.1) is 0 Å². The van der Waals surface area contributed by atoms with Gasteiger partial charge in [0.25, 0.3) is 0 Å². The summed E-state index contributed by atoms with van der Waals surface area (Å²) in [4.78, 5) is 0. The van der Waals surface area contributed by atoms with Gasteiger partial charge in [0.2, 0.25) is 0 Å². The summed E-state index contributed by atoms with van der Waals surface area (Å²) in [6, 6.07) is 7.92. The van der Waals surface area contributed by atoms with E-state index in [2.05, 4.69) is 13.0 Å². The molecule has 0 saturated heterocycles. The van der Waals surface area contributed by atoms with Gasteiger partial charge in [-0.3, -0.25) is 0 Å². The molecule has 1 fully saturated rings. The van der Waals surface area contributed by atoms with E-state index < -0.39 is 0 Å². The third-order valence-corrected chi connectivity index (χ3v) is 2.91. The molecule has 0 spiro atoms. The maximum Gasteiger partial charge on any atom is 0.0994 e. The van der Waals surface area contributed by atoms with E-state index in [0.717, 1.165) is 29.5 Å². The van der Waals surface area contributed by atoms with E-state index in [0.29, 0.717) is 5.92 Å². The van der Waals surface area contributed by atoms with Crippen LogP contribution in [0, 0.1) is 18.3 Å².